The Hall–Kier alpha value is -0.370. The third kappa shape index (κ3) is 2.64. The molecule has 0 aliphatic heterocycles. The zero-order valence-corrected chi connectivity index (χ0v) is 21.4. The van der Waals surface area contributed by atoms with E-state index in [4.69, 9.17) is 0 Å². The maximum atomic E-state index is 12.7. The number of Topliss-reactive ketones (excluding diaryl/α,β-unsaturated/α-hetero) is 1. The molecule has 0 spiro atoms. The molecule has 5 aliphatic rings. The van der Waals surface area contributed by atoms with E-state index >= 15 is 0 Å². The monoisotopic (exact) mass is 428 g/mol. The Morgan fingerprint density at radius 3 is 2.13 bits per heavy atom. The molecule has 31 heavy (non-hydrogen) atoms. The zero-order valence-electron chi connectivity index (χ0n) is 21.4. The first-order chi connectivity index (χ1) is 14.3. The molecule has 0 unspecified atom stereocenters. The normalized spacial score (nSPS) is 57.9. The Bertz CT molecular complexity index is 771. The molecular formula is C29H48O2. The number of aliphatic hydroxyl groups is 1. The first-order valence-electron chi connectivity index (χ1n) is 13.5. The summed E-state index contributed by atoms with van der Waals surface area (Å²) in [7, 11) is 0. The standard InChI is InChI=1S/C29H48O2/c1-18(30)19-10-13-26(4)16-17-28(6)20(24(19)26)8-9-22-27(5)14-12-23(31)25(2,3)21(27)11-15-29(22,28)7/h19-24,31H,8-17H2,1-7H3/t19-,20+,21-,22+,23-,24+,26+,27-,28+,29+/m0/s1. The topological polar surface area (TPSA) is 37.3 Å². The highest BCUT2D eigenvalue weighted by atomic mass is 16.3. The van der Waals surface area contributed by atoms with Gasteiger partial charge in [0.15, 0.2) is 0 Å². The molecule has 5 fully saturated rings. The van der Waals surface area contributed by atoms with Gasteiger partial charge in [-0.2, -0.15) is 0 Å². The van der Waals surface area contributed by atoms with E-state index < -0.39 is 0 Å². The van der Waals surface area contributed by atoms with Gasteiger partial charge in [-0.05, 0) is 122 Å². The smallest absolute Gasteiger partial charge is 0.133 e. The SMILES string of the molecule is CC(=O)[C@@H]1CC[C@]2(C)CC[C@]3(C)[C@H](CC[C@@H]4[C@@]5(C)CC[C@H](O)C(C)(C)[C@@H]5CC[C@]43C)[C@@H]12. The van der Waals surface area contributed by atoms with Gasteiger partial charge >= 0.3 is 0 Å². The van der Waals surface area contributed by atoms with Crippen molar-refractivity contribution in [2.45, 2.75) is 119 Å². The molecule has 176 valence electrons. The molecular weight excluding hydrogens is 380 g/mol. The summed E-state index contributed by atoms with van der Waals surface area (Å²) in [5, 5.41) is 10.9. The van der Waals surface area contributed by atoms with Gasteiger partial charge in [-0.3, -0.25) is 4.79 Å². The molecule has 0 bridgehead atoms. The number of fused-ring (bicyclic) bond motifs is 7. The van der Waals surface area contributed by atoms with E-state index in [1.165, 1.54) is 51.4 Å². The molecule has 10 atom stereocenters. The van der Waals surface area contributed by atoms with E-state index in [0.717, 1.165) is 18.8 Å². The fourth-order valence-electron chi connectivity index (χ4n) is 11.4. The number of carbonyl (C=O) groups is 1. The van der Waals surface area contributed by atoms with E-state index in [9.17, 15) is 9.90 Å². The second-order valence-corrected chi connectivity index (χ2v) is 14.5. The molecule has 5 rings (SSSR count). The van der Waals surface area contributed by atoms with Crippen LogP contribution in [0.15, 0.2) is 0 Å². The van der Waals surface area contributed by atoms with E-state index in [1.54, 1.807) is 0 Å². The molecule has 0 saturated heterocycles. The number of aliphatic hydroxyl groups excluding tert-OH is 1. The van der Waals surface area contributed by atoms with Crippen molar-refractivity contribution in [2.24, 2.45) is 56.7 Å². The largest absolute Gasteiger partial charge is 0.393 e. The summed E-state index contributed by atoms with van der Waals surface area (Å²) in [5.41, 5.74) is 1.49. The molecule has 0 aromatic heterocycles. The zero-order chi connectivity index (χ0) is 22.6. The fourth-order valence-corrected chi connectivity index (χ4v) is 11.4. The summed E-state index contributed by atoms with van der Waals surface area (Å²) in [6.07, 6.45) is 12.3. The molecule has 0 amide bonds. The van der Waals surface area contributed by atoms with Gasteiger partial charge in [-0.25, -0.2) is 0 Å². The summed E-state index contributed by atoms with van der Waals surface area (Å²) >= 11 is 0. The summed E-state index contributed by atoms with van der Waals surface area (Å²) in [6, 6.07) is 0. The fraction of sp³-hybridized carbons (Fsp3) is 0.966. The molecule has 0 radical (unpaired) electrons. The van der Waals surface area contributed by atoms with Crippen LogP contribution in [0.25, 0.3) is 0 Å². The number of hydrogen-bond donors (Lipinski definition) is 1. The average molecular weight is 429 g/mol. The van der Waals surface area contributed by atoms with Gasteiger partial charge in [0, 0.05) is 5.92 Å². The van der Waals surface area contributed by atoms with Crippen molar-refractivity contribution in [1.29, 1.82) is 0 Å². The lowest BCUT2D eigenvalue weighted by Crippen LogP contribution is -2.66. The summed E-state index contributed by atoms with van der Waals surface area (Å²) in [5.74, 6) is 3.48. The van der Waals surface area contributed by atoms with Crippen molar-refractivity contribution >= 4 is 5.78 Å². The summed E-state index contributed by atoms with van der Waals surface area (Å²) < 4.78 is 0. The van der Waals surface area contributed by atoms with Crippen molar-refractivity contribution < 1.29 is 9.90 Å². The van der Waals surface area contributed by atoms with Crippen LogP contribution in [0.3, 0.4) is 0 Å². The van der Waals surface area contributed by atoms with Gasteiger partial charge in [0.25, 0.3) is 0 Å². The van der Waals surface area contributed by atoms with Gasteiger partial charge in [0.05, 0.1) is 6.10 Å². The molecule has 5 aliphatic carbocycles. The second kappa shape index (κ2) is 6.61. The van der Waals surface area contributed by atoms with Gasteiger partial charge < -0.3 is 5.11 Å². The van der Waals surface area contributed by atoms with E-state index in [0.29, 0.717) is 51.1 Å². The van der Waals surface area contributed by atoms with Gasteiger partial charge in [0.2, 0.25) is 0 Å². The van der Waals surface area contributed by atoms with Crippen LogP contribution in [0.2, 0.25) is 0 Å². The third-order valence-corrected chi connectivity index (χ3v) is 13.4. The molecule has 2 heteroatoms. The van der Waals surface area contributed by atoms with E-state index in [1.807, 2.05) is 6.92 Å². The molecule has 2 nitrogen and oxygen atoms in total. The Kier molecular flexibility index (Phi) is 4.78. The molecule has 0 heterocycles. The molecule has 1 N–H and O–H groups in total. The Balaban J connectivity index is 1.54. The van der Waals surface area contributed by atoms with Crippen LogP contribution in [0, 0.1) is 56.7 Å². The second-order valence-electron chi connectivity index (χ2n) is 14.5. The van der Waals surface area contributed by atoms with Crippen molar-refractivity contribution in [3.8, 4) is 0 Å². The van der Waals surface area contributed by atoms with Crippen molar-refractivity contribution in [3.05, 3.63) is 0 Å². The van der Waals surface area contributed by atoms with Crippen LogP contribution in [0.1, 0.15) is 113 Å². The Morgan fingerprint density at radius 2 is 1.45 bits per heavy atom. The minimum atomic E-state index is -0.146. The molecule has 5 saturated carbocycles. The Labute approximate surface area is 191 Å². The van der Waals surface area contributed by atoms with E-state index in [-0.39, 0.29) is 11.5 Å². The number of ketones is 1. The predicted molar refractivity (Wildman–Crippen MR) is 127 cm³/mol. The van der Waals surface area contributed by atoms with Gasteiger partial charge in [-0.15, -0.1) is 0 Å². The lowest BCUT2D eigenvalue weighted by Gasteiger charge is -2.72. The van der Waals surface area contributed by atoms with Crippen LogP contribution < -0.4 is 0 Å². The van der Waals surface area contributed by atoms with Gasteiger partial charge in [0.1, 0.15) is 5.78 Å². The third-order valence-electron chi connectivity index (χ3n) is 13.4. The quantitative estimate of drug-likeness (QED) is 0.486. The highest BCUT2D eigenvalue weighted by Crippen LogP contribution is 2.77. The van der Waals surface area contributed by atoms with Crippen LogP contribution in [0.4, 0.5) is 0 Å². The van der Waals surface area contributed by atoms with Crippen LogP contribution in [-0.2, 0) is 4.79 Å². The van der Waals surface area contributed by atoms with Crippen molar-refractivity contribution in [2.75, 3.05) is 0 Å². The summed E-state index contributed by atoms with van der Waals surface area (Å²) in [6.45, 7) is 17.0. The lowest BCUT2D eigenvalue weighted by atomic mass is 9.32. The maximum Gasteiger partial charge on any atom is 0.133 e. The average Bonchev–Trinajstić information content (AvgIpc) is 3.04. The van der Waals surface area contributed by atoms with Crippen LogP contribution >= 0.6 is 0 Å². The molecule has 0 aromatic carbocycles. The highest BCUT2D eigenvalue weighted by molar-refractivity contribution is 5.79. The highest BCUT2D eigenvalue weighted by Gasteiger charge is 2.70. The maximum absolute atomic E-state index is 12.7. The summed E-state index contributed by atoms with van der Waals surface area (Å²) in [4.78, 5) is 12.7. The number of carbonyl (C=O) groups excluding carboxylic acids is 1. The first kappa shape index (κ1) is 22.4. The van der Waals surface area contributed by atoms with E-state index in [2.05, 4.69) is 41.5 Å². The van der Waals surface area contributed by atoms with Crippen LogP contribution in [0.5, 0.6) is 0 Å². The lowest BCUT2D eigenvalue weighted by molar-refractivity contribution is -0.246. The minimum Gasteiger partial charge on any atom is -0.393 e. The number of rotatable bonds is 1. The molecule has 0 aromatic rings. The van der Waals surface area contributed by atoms with Crippen LogP contribution in [-0.4, -0.2) is 17.0 Å². The van der Waals surface area contributed by atoms with Crippen molar-refractivity contribution in [1.82, 2.24) is 0 Å². The number of hydrogen-bond acceptors (Lipinski definition) is 2. The minimum absolute atomic E-state index is 0.0302. The predicted octanol–water partition coefficient (Wildman–Crippen LogP) is 7.04. The van der Waals surface area contributed by atoms with Crippen molar-refractivity contribution in [3.63, 3.8) is 0 Å². The Morgan fingerprint density at radius 1 is 0.742 bits per heavy atom. The van der Waals surface area contributed by atoms with Gasteiger partial charge in [-0.1, -0.05) is 41.5 Å². The first-order valence-corrected chi connectivity index (χ1v) is 13.5.